The van der Waals surface area contributed by atoms with Gasteiger partial charge in [0.05, 0.1) is 4.90 Å². The lowest BCUT2D eigenvalue weighted by Gasteiger charge is -2.37. The Labute approximate surface area is 176 Å². The second-order valence-corrected chi connectivity index (χ2v) is 9.27. The Bertz CT molecular complexity index is 1110. The van der Waals surface area contributed by atoms with Crippen molar-refractivity contribution < 1.29 is 30.8 Å². The maximum absolute atomic E-state index is 14.8. The molecule has 168 valence electrons. The van der Waals surface area contributed by atoms with Gasteiger partial charge < -0.3 is 15.1 Å². The van der Waals surface area contributed by atoms with Gasteiger partial charge in [0.15, 0.2) is 0 Å². The van der Waals surface area contributed by atoms with Crippen molar-refractivity contribution in [1.82, 2.24) is 25.1 Å². The Balaban J connectivity index is 1.69. The highest BCUT2D eigenvalue weighted by Gasteiger charge is 2.44. The molecule has 2 aromatic rings. The van der Waals surface area contributed by atoms with Gasteiger partial charge in [-0.2, -0.15) is 13.1 Å². The molecule has 2 heterocycles. The van der Waals surface area contributed by atoms with Crippen molar-refractivity contribution >= 4 is 16.1 Å². The van der Waals surface area contributed by atoms with Crippen molar-refractivity contribution in [1.29, 1.82) is 0 Å². The highest BCUT2D eigenvalue weighted by atomic mass is 32.2. The van der Waals surface area contributed by atoms with Gasteiger partial charge in [-0.1, -0.05) is 12.8 Å². The first-order chi connectivity index (χ1) is 14.7. The Morgan fingerprint density at radius 2 is 2.00 bits per heavy atom. The molecule has 31 heavy (non-hydrogen) atoms. The number of rotatable bonds is 4. The van der Waals surface area contributed by atoms with Gasteiger partial charge in [-0.3, -0.25) is 0 Å². The summed E-state index contributed by atoms with van der Waals surface area (Å²) in [7, 11) is -2.64. The SMILES string of the molecule is CNC(=O)N[C@@H]1CCCC[C@H]1N1Cc2c(F)cc(-c3nnc(C(F)F)o3)cc2S1(=O)=O. The molecule has 2 aliphatic rings. The summed E-state index contributed by atoms with van der Waals surface area (Å²) in [6.07, 6.45) is -0.306. The van der Waals surface area contributed by atoms with Gasteiger partial charge in [0.25, 0.3) is 5.89 Å². The Morgan fingerprint density at radius 3 is 2.68 bits per heavy atom. The van der Waals surface area contributed by atoms with Gasteiger partial charge in [-0.15, -0.1) is 10.2 Å². The molecule has 1 fully saturated rings. The largest absolute Gasteiger partial charge is 0.415 e. The number of amides is 2. The first-order valence-electron chi connectivity index (χ1n) is 9.66. The molecule has 0 spiro atoms. The normalized spacial score (nSPS) is 23.0. The van der Waals surface area contributed by atoms with Crippen molar-refractivity contribution in [2.75, 3.05) is 7.05 Å². The minimum absolute atomic E-state index is 0.0263. The van der Waals surface area contributed by atoms with Crippen LogP contribution in [0.3, 0.4) is 0 Å². The van der Waals surface area contributed by atoms with Crippen LogP contribution in [0.1, 0.15) is 43.6 Å². The molecule has 1 aliphatic heterocycles. The van der Waals surface area contributed by atoms with Crippen molar-refractivity contribution in [3.8, 4) is 11.5 Å². The molecule has 4 rings (SSSR count). The Morgan fingerprint density at radius 1 is 1.26 bits per heavy atom. The van der Waals surface area contributed by atoms with Crippen LogP contribution in [-0.2, 0) is 16.6 Å². The van der Waals surface area contributed by atoms with E-state index in [2.05, 4.69) is 20.8 Å². The van der Waals surface area contributed by atoms with Gasteiger partial charge in [-0.05, 0) is 25.0 Å². The lowest BCUT2D eigenvalue weighted by Crippen LogP contribution is -2.54. The van der Waals surface area contributed by atoms with Crippen molar-refractivity contribution in [2.45, 2.75) is 55.6 Å². The zero-order valence-corrected chi connectivity index (χ0v) is 17.3. The van der Waals surface area contributed by atoms with Crippen LogP contribution in [0.2, 0.25) is 0 Å². The van der Waals surface area contributed by atoms with Crippen LogP contribution in [0.25, 0.3) is 11.5 Å². The lowest BCUT2D eigenvalue weighted by atomic mass is 9.90. The quantitative estimate of drug-likeness (QED) is 0.726. The number of hydrogen-bond acceptors (Lipinski definition) is 6. The molecular formula is C18H20F3N5O4S. The monoisotopic (exact) mass is 459 g/mol. The fourth-order valence-corrected chi connectivity index (χ4v) is 6.00. The smallest absolute Gasteiger partial charge is 0.314 e. The number of carbonyl (C=O) groups excluding carboxylic acids is 1. The molecule has 2 atom stereocenters. The highest BCUT2D eigenvalue weighted by Crippen LogP contribution is 2.39. The number of fused-ring (bicyclic) bond motifs is 1. The molecule has 13 heteroatoms. The first kappa shape index (κ1) is 21.6. The summed E-state index contributed by atoms with van der Waals surface area (Å²) in [5, 5.41) is 11.9. The molecule has 1 saturated carbocycles. The number of urea groups is 1. The van der Waals surface area contributed by atoms with E-state index in [1.165, 1.54) is 11.4 Å². The zero-order chi connectivity index (χ0) is 22.3. The van der Waals surface area contributed by atoms with Gasteiger partial charge in [0.2, 0.25) is 15.9 Å². The second-order valence-electron chi connectivity index (χ2n) is 7.41. The number of nitrogens with zero attached hydrogens (tertiary/aromatic N) is 3. The summed E-state index contributed by atoms with van der Waals surface area (Å²) in [5.41, 5.74) is -0.133. The van der Waals surface area contributed by atoms with E-state index in [4.69, 9.17) is 4.42 Å². The zero-order valence-electron chi connectivity index (χ0n) is 16.4. The lowest BCUT2D eigenvalue weighted by molar-refractivity contribution is 0.116. The fourth-order valence-electron chi connectivity index (χ4n) is 4.09. The van der Waals surface area contributed by atoms with E-state index < -0.39 is 52.2 Å². The third-order valence-electron chi connectivity index (χ3n) is 5.57. The third-order valence-corrected chi connectivity index (χ3v) is 7.51. The highest BCUT2D eigenvalue weighted by molar-refractivity contribution is 7.89. The van der Waals surface area contributed by atoms with Crippen LogP contribution in [0.4, 0.5) is 18.0 Å². The van der Waals surface area contributed by atoms with Crippen molar-refractivity contribution in [3.63, 3.8) is 0 Å². The molecule has 2 N–H and O–H groups in total. The summed E-state index contributed by atoms with van der Waals surface area (Å²) in [6.45, 7) is -0.188. The third kappa shape index (κ3) is 3.87. The van der Waals surface area contributed by atoms with Crippen LogP contribution in [0.5, 0.6) is 0 Å². The number of hydrogen-bond donors (Lipinski definition) is 2. The van der Waals surface area contributed by atoms with E-state index in [0.717, 1.165) is 25.0 Å². The molecule has 0 radical (unpaired) electrons. The average molecular weight is 459 g/mol. The Kier molecular flexibility index (Phi) is 5.64. The van der Waals surface area contributed by atoms with E-state index >= 15 is 0 Å². The predicted molar refractivity (Wildman–Crippen MR) is 101 cm³/mol. The summed E-state index contributed by atoms with van der Waals surface area (Å²) < 4.78 is 72.9. The second kappa shape index (κ2) is 8.11. The number of halogens is 3. The van der Waals surface area contributed by atoms with Crippen LogP contribution >= 0.6 is 0 Å². The minimum atomic E-state index is -4.10. The van der Waals surface area contributed by atoms with Crippen LogP contribution in [0, 0.1) is 5.82 Å². The summed E-state index contributed by atoms with van der Waals surface area (Å²) in [5.74, 6) is -2.16. The molecule has 1 aliphatic carbocycles. The number of nitrogens with one attached hydrogen (secondary N) is 2. The number of sulfonamides is 1. The average Bonchev–Trinajstić information content (AvgIpc) is 3.32. The molecule has 1 aromatic heterocycles. The van der Waals surface area contributed by atoms with E-state index in [-0.39, 0.29) is 22.6 Å². The topological polar surface area (TPSA) is 117 Å². The number of alkyl halides is 2. The minimum Gasteiger partial charge on any atom is -0.415 e. The van der Waals surface area contributed by atoms with Gasteiger partial charge in [0.1, 0.15) is 5.82 Å². The van der Waals surface area contributed by atoms with Gasteiger partial charge in [0, 0.05) is 36.8 Å². The fraction of sp³-hybridized carbons (Fsp3) is 0.500. The summed E-state index contributed by atoms with van der Waals surface area (Å²) in [4.78, 5) is 11.5. The van der Waals surface area contributed by atoms with Gasteiger partial charge >= 0.3 is 12.5 Å². The first-order valence-corrected chi connectivity index (χ1v) is 11.1. The van der Waals surface area contributed by atoms with Crippen LogP contribution in [0.15, 0.2) is 21.4 Å². The predicted octanol–water partition coefficient (Wildman–Crippen LogP) is 2.56. The molecule has 0 saturated heterocycles. The number of carbonyl (C=O) groups is 1. The summed E-state index contributed by atoms with van der Waals surface area (Å²) in [6, 6.07) is 0.748. The van der Waals surface area contributed by atoms with Gasteiger partial charge in [-0.25, -0.2) is 17.6 Å². The van der Waals surface area contributed by atoms with Crippen molar-refractivity contribution in [3.05, 3.63) is 29.4 Å². The van der Waals surface area contributed by atoms with Crippen molar-refractivity contribution in [2.24, 2.45) is 0 Å². The van der Waals surface area contributed by atoms with Crippen LogP contribution < -0.4 is 10.6 Å². The van der Waals surface area contributed by atoms with E-state index in [1.807, 2.05) is 0 Å². The van der Waals surface area contributed by atoms with E-state index in [0.29, 0.717) is 12.8 Å². The molecule has 0 unspecified atom stereocenters. The Hall–Kier alpha value is -2.67. The number of benzene rings is 1. The molecular weight excluding hydrogens is 439 g/mol. The van der Waals surface area contributed by atoms with E-state index in [1.54, 1.807) is 0 Å². The molecule has 2 amide bonds. The van der Waals surface area contributed by atoms with Crippen LogP contribution in [-0.4, -0.2) is 48.1 Å². The maximum Gasteiger partial charge on any atom is 0.314 e. The number of aromatic nitrogens is 2. The van der Waals surface area contributed by atoms with E-state index in [9.17, 15) is 26.4 Å². The molecule has 1 aromatic carbocycles. The standard InChI is InChI=1S/C18H20F3N5O4S/c1-22-18(27)23-12-4-2-3-5-13(12)26-8-10-11(19)6-9(7-14(10)31(26,28)29)16-24-25-17(30-16)15(20)21/h6-7,12-13,15H,2-5,8H2,1H3,(H2,22,23,27)/t12-,13-/m1/s1. The molecule has 0 bridgehead atoms. The maximum atomic E-state index is 14.8. The summed E-state index contributed by atoms with van der Waals surface area (Å²) >= 11 is 0. The molecule has 9 nitrogen and oxygen atoms in total.